The number of rotatable bonds is 7. The molecule has 186 valence electrons. The molecule has 3 aromatic rings. The molecule has 1 aromatic heterocycles. The highest BCUT2D eigenvalue weighted by Crippen LogP contribution is 2.44. The summed E-state index contributed by atoms with van der Waals surface area (Å²) in [4.78, 5) is 40.8. The first-order valence-corrected chi connectivity index (χ1v) is 11.6. The van der Waals surface area contributed by atoms with Crippen molar-refractivity contribution in [1.29, 1.82) is 0 Å². The minimum absolute atomic E-state index is 0.0713. The van der Waals surface area contributed by atoms with Gasteiger partial charge in [0.25, 0.3) is 0 Å². The number of aliphatic carboxylic acids is 1. The van der Waals surface area contributed by atoms with Gasteiger partial charge in [-0.1, -0.05) is 48.5 Å². The van der Waals surface area contributed by atoms with E-state index in [4.69, 9.17) is 9.47 Å². The van der Waals surface area contributed by atoms with E-state index in [0.29, 0.717) is 5.56 Å². The molecule has 8 nitrogen and oxygen atoms in total. The monoisotopic (exact) mass is 488 g/mol. The molecule has 1 unspecified atom stereocenters. The van der Waals surface area contributed by atoms with Gasteiger partial charge in [0.05, 0.1) is 5.56 Å². The van der Waals surface area contributed by atoms with Crippen LogP contribution >= 0.6 is 0 Å². The lowest BCUT2D eigenvalue weighted by atomic mass is 9.98. The minimum atomic E-state index is -1.27. The van der Waals surface area contributed by atoms with Gasteiger partial charge in [0.15, 0.2) is 0 Å². The number of hydrogen-bond donors (Lipinski definition) is 2. The number of nitrogens with one attached hydrogen (secondary N) is 1. The van der Waals surface area contributed by atoms with Crippen LogP contribution in [0.2, 0.25) is 0 Å². The molecule has 36 heavy (non-hydrogen) atoms. The number of aromatic nitrogens is 1. The Balaban J connectivity index is 1.41. The first-order chi connectivity index (χ1) is 17.1. The molecule has 0 radical (unpaired) electrons. The van der Waals surface area contributed by atoms with Crippen molar-refractivity contribution in [3.8, 4) is 11.1 Å². The average Bonchev–Trinajstić information content (AvgIpc) is 3.15. The lowest BCUT2D eigenvalue weighted by Gasteiger charge is -2.20. The molecule has 0 aliphatic heterocycles. The molecule has 1 aliphatic rings. The number of carbonyl (C=O) groups excluding carboxylic acids is 2. The van der Waals surface area contributed by atoms with Gasteiger partial charge in [-0.05, 0) is 54.7 Å². The van der Waals surface area contributed by atoms with Crippen molar-refractivity contribution in [3.05, 3.63) is 89.2 Å². The Kier molecular flexibility index (Phi) is 7.05. The summed E-state index contributed by atoms with van der Waals surface area (Å²) in [5.41, 5.74) is 4.31. The number of pyridine rings is 1. The first kappa shape index (κ1) is 24.9. The zero-order valence-electron chi connectivity index (χ0n) is 20.4. The van der Waals surface area contributed by atoms with Gasteiger partial charge in [-0.3, -0.25) is 4.98 Å². The summed E-state index contributed by atoms with van der Waals surface area (Å²) in [5, 5.41) is 12.1. The average molecular weight is 489 g/mol. The van der Waals surface area contributed by atoms with Gasteiger partial charge < -0.3 is 19.9 Å². The van der Waals surface area contributed by atoms with Crippen LogP contribution < -0.4 is 5.32 Å². The zero-order valence-corrected chi connectivity index (χ0v) is 20.4. The van der Waals surface area contributed by atoms with E-state index in [1.807, 2.05) is 48.5 Å². The van der Waals surface area contributed by atoms with Gasteiger partial charge in [-0.15, -0.1) is 0 Å². The van der Waals surface area contributed by atoms with Crippen LogP contribution in [0.25, 0.3) is 11.1 Å². The number of ether oxygens (including phenoxy) is 2. The number of esters is 1. The molecule has 2 aromatic carbocycles. The highest BCUT2D eigenvalue weighted by molar-refractivity contribution is 5.89. The maximum atomic E-state index is 12.6. The topological polar surface area (TPSA) is 115 Å². The van der Waals surface area contributed by atoms with Crippen molar-refractivity contribution in [2.75, 3.05) is 6.61 Å². The van der Waals surface area contributed by atoms with Gasteiger partial charge in [0, 0.05) is 24.7 Å². The summed E-state index contributed by atoms with van der Waals surface area (Å²) in [6.45, 7) is 5.32. The van der Waals surface area contributed by atoms with Crippen LogP contribution in [0, 0.1) is 0 Å². The van der Waals surface area contributed by atoms with E-state index in [0.717, 1.165) is 22.3 Å². The molecule has 1 aliphatic carbocycles. The quantitative estimate of drug-likeness (QED) is 0.468. The highest BCUT2D eigenvalue weighted by atomic mass is 16.6. The number of hydrogen-bond acceptors (Lipinski definition) is 6. The Labute approximate surface area is 209 Å². The van der Waals surface area contributed by atoms with Crippen molar-refractivity contribution >= 4 is 18.0 Å². The smallest absolute Gasteiger partial charge is 0.407 e. The molecule has 0 bridgehead atoms. The van der Waals surface area contributed by atoms with E-state index in [2.05, 4.69) is 10.3 Å². The second kappa shape index (κ2) is 10.2. The molecule has 8 heteroatoms. The molecule has 0 saturated heterocycles. The van der Waals surface area contributed by atoms with E-state index in [1.165, 1.54) is 18.5 Å². The lowest BCUT2D eigenvalue weighted by molar-refractivity contribution is -0.139. The van der Waals surface area contributed by atoms with E-state index < -0.39 is 29.7 Å². The number of carboxylic acid groups (broad SMARTS) is 1. The fourth-order valence-corrected chi connectivity index (χ4v) is 4.27. The normalized spacial score (nSPS) is 13.3. The second-order valence-corrected chi connectivity index (χ2v) is 9.65. The van der Waals surface area contributed by atoms with E-state index in [1.54, 1.807) is 20.8 Å². The fourth-order valence-electron chi connectivity index (χ4n) is 4.27. The van der Waals surface area contributed by atoms with Crippen LogP contribution in [0.5, 0.6) is 0 Å². The van der Waals surface area contributed by atoms with Gasteiger partial charge in [0.2, 0.25) is 0 Å². The van der Waals surface area contributed by atoms with E-state index >= 15 is 0 Å². The molecular formula is C28H28N2O6. The van der Waals surface area contributed by atoms with Gasteiger partial charge in [-0.2, -0.15) is 0 Å². The van der Waals surface area contributed by atoms with Crippen LogP contribution in [0.1, 0.15) is 53.7 Å². The molecule has 0 fully saturated rings. The van der Waals surface area contributed by atoms with Crippen molar-refractivity contribution in [2.24, 2.45) is 0 Å². The number of carbonyl (C=O) groups is 3. The van der Waals surface area contributed by atoms with Gasteiger partial charge in [0.1, 0.15) is 18.2 Å². The van der Waals surface area contributed by atoms with Crippen LogP contribution in [0.4, 0.5) is 4.79 Å². The van der Waals surface area contributed by atoms with Crippen LogP contribution in [-0.2, 0) is 20.7 Å². The van der Waals surface area contributed by atoms with Crippen molar-refractivity contribution in [2.45, 2.75) is 44.8 Å². The van der Waals surface area contributed by atoms with E-state index in [9.17, 15) is 19.5 Å². The number of amides is 1. The largest absolute Gasteiger partial charge is 0.480 e. The number of fused-ring (bicyclic) bond motifs is 3. The first-order valence-electron chi connectivity index (χ1n) is 11.6. The Hall–Kier alpha value is -4.20. The predicted octanol–water partition coefficient (Wildman–Crippen LogP) is 4.57. The summed E-state index contributed by atoms with van der Waals surface area (Å²) in [6, 6.07) is 16.1. The summed E-state index contributed by atoms with van der Waals surface area (Å²) in [7, 11) is 0. The lowest BCUT2D eigenvalue weighted by Crippen LogP contribution is -2.43. The van der Waals surface area contributed by atoms with Crippen LogP contribution in [0.15, 0.2) is 67.0 Å². The van der Waals surface area contributed by atoms with Crippen molar-refractivity contribution in [3.63, 3.8) is 0 Å². The highest BCUT2D eigenvalue weighted by Gasteiger charge is 2.30. The maximum absolute atomic E-state index is 12.6. The number of alkyl carbamates (subject to hydrolysis) is 1. The number of benzene rings is 2. The summed E-state index contributed by atoms with van der Waals surface area (Å²) < 4.78 is 10.8. The Morgan fingerprint density at radius 1 is 1.00 bits per heavy atom. The molecular weight excluding hydrogens is 460 g/mol. The summed E-state index contributed by atoms with van der Waals surface area (Å²) in [6.07, 6.45) is 1.89. The Morgan fingerprint density at radius 2 is 1.61 bits per heavy atom. The van der Waals surface area contributed by atoms with Crippen molar-refractivity contribution < 1.29 is 29.0 Å². The zero-order chi connectivity index (χ0) is 25.9. The Bertz CT molecular complexity index is 1250. The molecule has 1 heterocycles. The number of carboxylic acids is 1. The summed E-state index contributed by atoms with van der Waals surface area (Å²) >= 11 is 0. The molecule has 2 N–H and O–H groups in total. The SMILES string of the molecule is CC(C)(C)OC(=O)c1cncc(CC(NC(=O)OCC2c3ccccc3-c3ccccc32)C(=O)O)c1. The molecule has 1 amide bonds. The third kappa shape index (κ3) is 5.71. The second-order valence-electron chi connectivity index (χ2n) is 9.65. The maximum Gasteiger partial charge on any atom is 0.407 e. The van der Waals surface area contributed by atoms with E-state index in [-0.39, 0.29) is 24.5 Å². The standard InChI is InChI=1S/C28H28N2O6/c1-28(2,3)36-26(33)18-12-17(14-29-15-18)13-24(25(31)32)30-27(34)35-16-23-21-10-6-4-8-19(21)20-9-5-7-11-22(20)23/h4-12,14-15,23-24H,13,16H2,1-3H3,(H,30,34)(H,31,32). The van der Waals surface area contributed by atoms with Gasteiger partial charge in [-0.25, -0.2) is 14.4 Å². The molecule has 1 atom stereocenters. The molecule has 4 rings (SSSR count). The van der Waals surface area contributed by atoms with Crippen LogP contribution in [-0.4, -0.2) is 46.4 Å². The number of nitrogens with zero attached hydrogens (tertiary/aromatic N) is 1. The third-order valence-corrected chi connectivity index (χ3v) is 5.80. The third-order valence-electron chi connectivity index (χ3n) is 5.80. The predicted molar refractivity (Wildman–Crippen MR) is 133 cm³/mol. The fraction of sp³-hybridized carbons (Fsp3) is 0.286. The van der Waals surface area contributed by atoms with Crippen molar-refractivity contribution in [1.82, 2.24) is 10.3 Å². The minimum Gasteiger partial charge on any atom is -0.480 e. The van der Waals surface area contributed by atoms with Crippen LogP contribution in [0.3, 0.4) is 0 Å². The molecule has 0 saturated carbocycles. The Morgan fingerprint density at radius 3 is 2.19 bits per heavy atom. The summed E-state index contributed by atoms with van der Waals surface area (Å²) in [5.74, 6) is -1.93. The van der Waals surface area contributed by atoms with Gasteiger partial charge >= 0.3 is 18.0 Å². The molecule has 0 spiro atoms.